The van der Waals surface area contributed by atoms with E-state index >= 15 is 0 Å². The second-order valence-corrected chi connectivity index (χ2v) is 3.66. The minimum absolute atomic E-state index is 0.156. The van der Waals surface area contributed by atoms with Gasteiger partial charge < -0.3 is 5.32 Å². The zero-order valence-electron chi connectivity index (χ0n) is 9.82. The first-order chi connectivity index (χ1) is 7.05. The topological polar surface area (TPSA) is 12.0 Å². The summed E-state index contributed by atoms with van der Waals surface area (Å²) >= 11 is 0. The number of halogens is 3. The van der Waals surface area contributed by atoms with Gasteiger partial charge in [-0.05, 0) is 31.7 Å². The van der Waals surface area contributed by atoms with Crippen molar-refractivity contribution in [3.05, 3.63) is 0 Å². The van der Waals surface area contributed by atoms with E-state index in [0.29, 0.717) is 6.54 Å². The molecule has 0 radical (unpaired) electrons. The maximum Gasteiger partial charge on any atom is 0.404 e. The van der Waals surface area contributed by atoms with Gasteiger partial charge in [0.05, 0.1) is 0 Å². The molecule has 0 aromatic carbocycles. The summed E-state index contributed by atoms with van der Waals surface area (Å²) in [6, 6.07) is -1.25. The van der Waals surface area contributed by atoms with Gasteiger partial charge in [0.15, 0.2) is 0 Å². The summed E-state index contributed by atoms with van der Waals surface area (Å²) in [5, 5.41) is 2.60. The molecule has 0 saturated heterocycles. The average molecular weight is 225 g/mol. The van der Waals surface area contributed by atoms with Crippen molar-refractivity contribution in [1.29, 1.82) is 0 Å². The second-order valence-electron chi connectivity index (χ2n) is 3.66. The third-order valence-electron chi connectivity index (χ3n) is 2.34. The molecule has 1 nitrogen and oxygen atoms in total. The van der Waals surface area contributed by atoms with Gasteiger partial charge in [-0.25, -0.2) is 0 Å². The highest BCUT2D eigenvalue weighted by molar-refractivity contribution is 4.90. The van der Waals surface area contributed by atoms with E-state index in [1.54, 1.807) is 0 Å². The van der Waals surface area contributed by atoms with Gasteiger partial charge in [0.2, 0.25) is 0 Å². The van der Waals surface area contributed by atoms with Crippen molar-refractivity contribution in [3.63, 3.8) is 0 Å². The van der Waals surface area contributed by atoms with Crippen LogP contribution in [0.4, 0.5) is 13.2 Å². The predicted molar refractivity (Wildman–Crippen MR) is 56.8 cm³/mol. The summed E-state index contributed by atoms with van der Waals surface area (Å²) < 4.78 is 37.1. The van der Waals surface area contributed by atoms with Gasteiger partial charge in [-0.3, -0.25) is 0 Å². The minimum atomic E-state index is -4.06. The summed E-state index contributed by atoms with van der Waals surface area (Å²) in [6.45, 7) is 6.46. The molecule has 0 amide bonds. The maximum absolute atomic E-state index is 12.4. The largest absolute Gasteiger partial charge is 0.404 e. The zero-order chi connectivity index (χ0) is 11.9. The number of unbranched alkanes of at least 4 members (excludes halogenated alkanes) is 1. The van der Waals surface area contributed by atoms with Crippen LogP contribution in [-0.2, 0) is 0 Å². The summed E-state index contributed by atoms with van der Waals surface area (Å²) in [4.78, 5) is 0. The fraction of sp³-hybridized carbons (Fsp3) is 1.00. The third kappa shape index (κ3) is 6.03. The van der Waals surface area contributed by atoms with E-state index in [0.717, 1.165) is 25.7 Å². The Labute approximate surface area is 90.4 Å². The Morgan fingerprint density at radius 1 is 1.27 bits per heavy atom. The molecule has 1 saturated carbocycles. The molecule has 0 spiro atoms. The normalized spacial score (nSPS) is 18.0. The van der Waals surface area contributed by atoms with Crippen LogP contribution in [0.3, 0.4) is 0 Å². The van der Waals surface area contributed by atoms with Gasteiger partial charge in [0, 0.05) is 0 Å². The van der Waals surface area contributed by atoms with Crippen LogP contribution in [0.2, 0.25) is 0 Å². The van der Waals surface area contributed by atoms with Crippen molar-refractivity contribution in [1.82, 2.24) is 5.32 Å². The van der Waals surface area contributed by atoms with Crippen molar-refractivity contribution in [2.24, 2.45) is 5.92 Å². The smallest absolute Gasteiger partial charge is 0.306 e. The van der Waals surface area contributed by atoms with Gasteiger partial charge in [-0.2, -0.15) is 13.2 Å². The van der Waals surface area contributed by atoms with Crippen molar-refractivity contribution >= 4 is 0 Å². The molecule has 0 heterocycles. The number of rotatable bonds is 5. The number of hydrogen-bond donors (Lipinski definition) is 1. The molecule has 4 heteroatoms. The molecule has 0 bridgehead atoms. The van der Waals surface area contributed by atoms with Gasteiger partial charge >= 0.3 is 6.18 Å². The van der Waals surface area contributed by atoms with Gasteiger partial charge in [-0.15, -0.1) is 0 Å². The van der Waals surface area contributed by atoms with Crippen LogP contribution < -0.4 is 5.32 Å². The lowest BCUT2D eigenvalue weighted by Crippen LogP contribution is -2.44. The monoisotopic (exact) mass is 225 g/mol. The molecule has 1 aliphatic rings. The molecule has 1 N–H and O–H groups in total. The van der Waals surface area contributed by atoms with Crippen molar-refractivity contribution in [2.45, 2.75) is 58.7 Å². The molecule has 92 valence electrons. The molecule has 15 heavy (non-hydrogen) atoms. The van der Waals surface area contributed by atoms with Crippen LogP contribution in [0.25, 0.3) is 0 Å². The molecular formula is C11H22F3N. The Hall–Kier alpha value is -0.250. The summed E-state index contributed by atoms with van der Waals surface area (Å²) in [5.41, 5.74) is 0. The molecule has 0 aromatic rings. The molecular weight excluding hydrogens is 203 g/mol. The summed E-state index contributed by atoms with van der Waals surface area (Å²) in [5.74, 6) is -0.156. The second kappa shape index (κ2) is 7.09. The molecule has 1 rings (SSSR count). The van der Waals surface area contributed by atoms with E-state index in [-0.39, 0.29) is 5.92 Å². The highest BCUT2D eigenvalue weighted by Gasteiger charge is 2.48. The Kier molecular flexibility index (Phi) is 6.98. The lowest BCUT2D eigenvalue weighted by atomic mass is 10.1. The van der Waals surface area contributed by atoms with Crippen molar-refractivity contribution in [3.8, 4) is 0 Å². The highest BCUT2D eigenvalue weighted by Crippen LogP contribution is 2.39. The lowest BCUT2D eigenvalue weighted by Gasteiger charge is -2.21. The number of nitrogens with one attached hydrogen (secondary N) is 1. The number of hydrogen-bond acceptors (Lipinski definition) is 1. The van der Waals surface area contributed by atoms with Crippen LogP contribution in [0.1, 0.15) is 46.5 Å². The van der Waals surface area contributed by atoms with Crippen LogP contribution in [0, 0.1) is 5.92 Å². The molecule has 1 unspecified atom stereocenters. The molecule has 0 aromatic heterocycles. The first-order valence-electron chi connectivity index (χ1n) is 5.85. The Morgan fingerprint density at radius 2 is 1.80 bits per heavy atom. The van der Waals surface area contributed by atoms with E-state index in [9.17, 15) is 13.2 Å². The summed E-state index contributed by atoms with van der Waals surface area (Å²) in [7, 11) is 0. The first-order valence-corrected chi connectivity index (χ1v) is 5.85. The Bertz CT molecular complexity index is 152. The molecule has 1 fully saturated rings. The van der Waals surface area contributed by atoms with E-state index in [4.69, 9.17) is 0 Å². The maximum atomic E-state index is 12.4. The van der Waals surface area contributed by atoms with E-state index < -0.39 is 12.2 Å². The highest BCUT2D eigenvalue weighted by atomic mass is 19.4. The van der Waals surface area contributed by atoms with Crippen LogP contribution in [0.15, 0.2) is 0 Å². The quantitative estimate of drug-likeness (QED) is 0.703. The van der Waals surface area contributed by atoms with Gasteiger partial charge in [0.1, 0.15) is 6.04 Å². The zero-order valence-corrected chi connectivity index (χ0v) is 9.82. The average Bonchev–Trinajstić information content (AvgIpc) is 2.97. The minimum Gasteiger partial charge on any atom is -0.306 e. The Morgan fingerprint density at radius 3 is 2.13 bits per heavy atom. The van der Waals surface area contributed by atoms with Gasteiger partial charge in [-0.1, -0.05) is 27.2 Å². The van der Waals surface area contributed by atoms with Crippen LogP contribution >= 0.6 is 0 Å². The van der Waals surface area contributed by atoms with E-state index in [1.165, 1.54) is 0 Å². The summed E-state index contributed by atoms with van der Waals surface area (Å²) in [6.07, 6.45) is -0.858. The third-order valence-corrected chi connectivity index (χ3v) is 2.34. The SMILES string of the molecule is CC.CCCCNC(C1CC1)C(F)(F)F. The lowest BCUT2D eigenvalue weighted by molar-refractivity contribution is -0.160. The molecule has 1 aliphatic carbocycles. The first kappa shape index (κ1) is 14.8. The fourth-order valence-electron chi connectivity index (χ4n) is 1.41. The van der Waals surface area contributed by atoms with E-state index in [2.05, 4.69) is 5.32 Å². The van der Waals surface area contributed by atoms with Crippen LogP contribution in [0.5, 0.6) is 0 Å². The van der Waals surface area contributed by atoms with E-state index in [1.807, 2.05) is 20.8 Å². The predicted octanol–water partition coefficient (Wildman–Crippen LogP) is 3.74. The van der Waals surface area contributed by atoms with Crippen molar-refractivity contribution in [2.75, 3.05) is 6.54 Å². The Balaban J connectivity index is 0.000000921. The molecule has 0 aliphatic heterocycles. The number of alkyl halides is 3. The fourth-order valence-corrected chi connectivity index (χ4v) is 1.41. The van der Waals surface area contributed by atoms with Crippen molar-refractivity contribution < 1.29 is 13.2 Å². The molecule has 1 atom stereocenters. The van der Waals surface area contributed by atoms with Crippen LogP contribution in [-0.4, -0.2) is 18.8 Å². The standard InChI is InChI=1S/C9H16F3N.C2H6/c1-2-3-6-13-8(7-4-5-7)9(10,11)12;1-2/h7-8,13H,2-6H2,1H3;1-2H3. The van der Waals surface area contributed by atoms with Gasteiger partial charge in [0.25, 0.3) is 0 Å².